The molecule has 0 N–H and O–H groups in total. The lowest BCUT2D eigenvalue weighted by Gasteiger charge is -1.99. The molecule has 0 saturated heterocycles. The maximum Gasteiger partial charge on any atom is 0.332 e. The molecule has 4 heteroatoms. The molecule has 0 atom stereocenters. The SMILES string of the molecule is CCCCC.CCOCC.CCOCC(=O)OCC. The molecule has 0 aliphatic carbocycles. The zero-order valence-corrected chi connectivity index (χ0v) is 13.8. The van der Waals surface area contributed by atoms with Crippen LogP contribution < -0.4 is 0 Å². The van der Waals surface area contributed by atoms with Crippen LogP contribution in [0.4, 0.5) is 0 Å². The Balaban J connectivity index is -0.000000219. The first kappa shape index (κ1) is 23.5. The van der Waals surface area contributed by atoms with Gasteiger partial charge in [-0.15, -0.1) is 0 Å². The minimum absolute atomic E-state index is 0.0737. The first-order valence-electron chi connectivity index (χ1n) is 7.45. The van der Waals surface area contributed by atoms with E-state index >= 15 is 0 Å². The number of esters is 1. The Kier molecular flexibility index (Phi) is 32.2. The molecule has 4 nitrogen and oxygen atoms in total. The number of ether oxygens (including phenoxy) is 3. The Morgan fingerprint density at radius 3 is 1.42 bits per heavy atom. The molecule has 0 saturated carbocycles. The molecule has 118 valence electrons. The summed E-state index contributed by atoms with van der Waals surface area (Å²) < 4.78 is 14.2. The van der Waals surface area contributed by atoms with Gasteiger partial charge in [0.2, 0.25) is 0 Å². The van der Waals surface area contributed by atoms with E-state index < -0.39 is 0 Å². The van der Waals surface area contributed by atoms with Gasteiger partial charge < -0.3 is 14.2 Å². The molecular weight excluding hydrogens is 244 g/mol. The van der Waals surface area contributed by atoms with Crippen LogP contribution in [0.15, 0.2) is 0 Å². The zero-order chi connectivity index (χ0) is 15.4. The van der Waals surface area contributed by atoms with E-state index in [2.05, 4.69) is 18.6 Å². The van der Waals surface area contributed by atoms with Crippen LogP contribution in [0.25, 0.3) is 0 Å². The first-order valence-corrected chi connectivity index (χ1v) is 7.45. The largest absolute Gasteiger partial charge is 0.464 e. The third kappa shape index (κ3) is 38.2. The highest BCUT2D eigenvalue weighted by Crippen LogP contribution is 1.88. The summed E-state index contributed by atoms with van der Waals surface area (Å²) in [6.07, 6.45) is 4.08. The average molecular weight is 278 g/mol. The van der Waals surface area contributed by atoms with Gasteiger partial charge in [0.05, 0.1) is 6.61 Å². The molecule has 0 unspecified atom stereocenters. The fourth-order valence-corrected chi connectivity index (χ4v) is 0.946. The van der Waals surface area contributed by atoms with Gasteiger partial charge in [0.1, 0.15) is 6.61 Å². The Morgan fingerprint density at radius 2 is 1.21 bits per heavy atom. The minimum atomic E-state index is -0.292. The Morgan fingerprint density at radius 1 is 0.737 bits per heavy atom. The lowest BCUT2D eigenvalue weighted by atomic mass is 10.3. The van der Waals surface area contributed by atoms with Gasteiger partial charge in [0.25, 0.3) is 0 Å². The second-order valence-electron chi connectivity index (χ2n) is 3.58. The smallest absolute Gasteiger partial charge is 0.332 e. The molecule has 0 fully saturated rings. The third-order valence-electron chi connectivity index (χ3n) is 1.84. The fourth-order valence-electron chi connectivity index (χ4n) is 0.946. The molecule has 0 spiro atoms. The number of hydrogen-bond acceptors (Lipinski definition) is 4. The van der Waals surface area contributed by atoms with Gasteiger partial charge >= 0.3 is 5.97 Å². The highest BCUT2D eigenvalue weighted by Gasteiger charge is 1.97. The van der Waals surface area contributed by atoms with Crippen LogP contribution in [0.5, 0.6) is 0 Å². The Bertz CT molecular complexity index is 139. The van der Waals surface area contributed by atoms with Gasteiger partial charge in [-0.25, -0.2) is 4.79 Å². The van der Waals surface area contributed by atoms with Gasteiger partial charge in [-0.1, -0.05) is 33.1 Å². The number of rotatable bonds is 8. The molecule has 0 aliphatic rings. The summed E-state index contributed by atoms with van der Waals surface area (Å²) in [6, 6.07) is 0. The van der Waals surface area contributed by atoms with Crippen LogP contribution in [0.2, 0.25) is 0 Å². The van der Waals surface area contributed by atoms with Crippen LogP contribution in [-0.4, -0.2) is 39.0 Å². The molecule has 0 aromatic rings. The normalized spacial score (nSPS) is 8.74. The van der Waals surface area contributed by atoms with E-state index in [9.17, 15) is 4.79 Å². The molecule has 0 aliphatic heterocycles. The molecular formula is C15H34O4. The summed E-state index contributed by atoms with van der Waals surface area (Å²) in [5.41, 5.74) is 0. The molecule has 0 aromatic carbocycles. The number of carbonyl (C=O) groups excluding carboxylic acids is 1. The molecule has 0 bridgehead atoms. The topological polar surface area (TPSA) is 44.8 Å². The van der Waals surface area contributed by atoms with Crippen molar-refractivity contribution in [2.24, 2.45) is 0 Å². The van der Waals surface area contributed by atoms with Gasteiger partial charge in [0, 0.05) is 19.8 Å². The summed E-state index contributed by atoms with van der Waals surface area (Å²) in [7, 11) is 0. The Hall–Kier alpha value is -0.610. The van der Waals surface area contributed by atoms with Crippen molar-refractivity contribution in [1.82, 2.24) is 0 Å². The van der Waals surface area contributed by atoms with Crippen LogP contribution in [-0.2, 0) is 19.0 Å². The monoisotopic (exact) mass is 278 g/mol. The van der Waals surface area contributed by atoms with Crippen LogP contribution in [0, 0.1) is 0 Å². The highest BCUT2D eigenvalue weighted by atomic mass is 16.6. The van der Waals surface area contributed by atoms with Gasteiger partial charge in [-0.05, 0) is 27.7 Å². The minimum Gasteiger partial charge on any atom is -0.464 e. The quantitative estimate of drug-likeness (QED) is 0.633. The first-order chi connectivity index (χ1) is 9.14. The van der Waals surface area contributed by atoms with Crippen LogP contribution in [0.1, 0.15) is 60.8 Å². The van der Waals surface area contributed by atoms with Gasteiger partial charge in [-0.2, -0.15) is 0 Å². The maximum atomic E-state index is 10.5. The summed E-state index contributed by atoms with van der Waals surface area (Å²) >= 11 is 0. The third-order valence-corrected chi connectivity index (χ3v) is 1.84. The molecule has 19 heavy (non-hydrogen) atoms. The lowest BCUT2D eigenvalue weighted by Crippen LogP contribution is -2.11. The summed E-state index contributed by atoms with van der Waals surface area (Å²) in [5, 5.41) is 0. The van der Waals surface area contributed by atoms with Crippen LogP contribution >= 0.6 is 0 Å². The summed E-state index contributed by atoms with van der Waals surface area (Å²) in [6.45, 7) is 14.7. The van der Waals surface area contributed by atoms with E-state index in [1.807, 2.05) is 20.8 Å². The molecule has 0 heterocycles. The number of carbonyl (C=O) groups is 1. The maximum absolute atomic E-state index is 10.5. The standard InChI is InChI=1S/C6H12O3.C5H12.C4H10O/c1-3-8-5-6(7)9-4-2;2*1-3-5-4-2/h3-5H2,1-2H3;3-5H2,1-2H3;3-4H2,1-2H3. The van der Waals surface area contributed by atoms with E-state index in [0.717, 1.165) is 13.2 Å². The van der Waals surface area contributed by atoms with Crippen molar-refractivity contribution in [3.8, 4) is 0 Å². The molecule has 0 radical (unpaired) electrons. The highest BCUT2D eigenvalue weighted by molar-refractivity contribution is 5.70. The van der Waals surface area contributed by atoms with Crippen molar-refractivity contribution >= 4 is 5.97 Å². The summed E-state index contributed by atoms with van der Waals surface area (Å²) in [5.74, 6) is -0.292. The second kappa shape index (κ2) is 26.1. The van der Waals surface area contributed by atoms with Crippen molar-refractivity contribution in [2.75, 3.05) is 33.0 Å². The van der Waals surface area contributed by atoms with E-state index in [-0.39, 0.29) is 12.6 Å². The van der Waals surface area contributed by atoms with Crippen molar-refractivity contribution in [1.29, 1.82) is 0 Å². The second-order valence-corrected chi connectivity index (χ2v) is 3.58. The van der Waals surface area contributed by atoms with Crippen molar-refractivity contribution in [2.45, 2.75) is 60.8 Å². The fraction of sp³-hybridized carbons (Fsp3) is 0.933. The predicted molar refractivity (Wildman–Crippen MR) is 80.5 cm³/mol. The van der Waals surface area contributed by atoms with Crippen LogP contribution in [0.3, 0.4) is 0 Å². The summed E-state index contributed by atoms with van der Waals surface area (Å²) in [4.78, 5) is 10.5. The average Bonchev–Trinajstić information content (AvgIpc) is 2.40. The zero-order valence-electron chi connectivity index (χ0n) is 13.8. The number of hydrogen-bond donors (Lipinski definition) is 0. The van der Waals surface area contributed by atoms with E-state index in [1.54, 1.807) is 6.92 Å². The number of unbranched alkanes of at least 4 members (excludes halogenated alkanes) is 2. The molecule has 0 aromatic heterocycles. The van der Waals surface area contributed by atoms with E-state index in [0.29, 0.717) is 13.2 Å². The molecule has 0 amide bonds. The van der Waals surface area contributed by atoms with Crippen molar-refractivity contribution < 1.29 is 19.0 Å². The van der Waals surface area contributed by atoms with Gasteiger partial charge in [0.15, 0.2) is 0 Å². The van der Waals surface area contributed by atoms with E-state index in [1.165, 1.54) is 19.3 Å². The van der Waals surface area contributed by atoms with Crippen molar-refractivity contribution in [3.05, 3.63) is 0 Å². The predicted octanol–water partition coefficient (Wildman–Crippen LogP) is 3.83. The van der Waals surface area contributed by atoms with E-state index in [4.69, 9.17) is 9.47 Å². The van der Waals surface area contributed by atoms with Crippen molar-refractivity contribution in [3.63, 3.8) is 0 Å². The molecule has 0 rings (SSSR count). The Labute approximate surface area is 119 Å². The lowest BCUT2D eigenvalue weighted by molar-refractivity contribution is -0.148. The van der Waals surface area contributed by atoms with Gasteiger partial charge in [-0.3, -0.25) is 0 Å².